The Morgan fingerprint density at radius 1 is 1.47 bits per heavy atom. The van der Waals surface area contributed by atoms with Gasteiger partial charge in [0.1, 0.15) is 12.2 Å². The smallest absolute Gasteiger partial charge is 0.138 e. The third-order valence-electron chi connectivity index (χ3n) is 2.83. The second kappa shape index (κ2) is 4.85. The van der Waals surface area contributed by atoms with E-state index in [0.717, 1.165) is 22.0 Å². The van der Waals surface area contributed by atoms with Crippen LogP contribution in [0.1, 0.15) is 23.0 Å². The Morgan fingerprint density at radius 3 is 2.88 bits per heavy atom. The van der Waals surface area contributed by atoms with E-state index in [1.54, 1.807) is 4.68 Å². The van der Waals surface area contributed by atoms with Gasteiger partial charge in [0, 0.05) is 24.5 Å². The minimum Gasteiger partial charge on any atom is -0.324 e. The summed E-state index contributed by atoms with van der Waals surface area (Å²) in [6.07, 6.45) is 2.15. The van der Waals surface area contributed by atoms with Crippen molar-refractivity contribution in [2.24, 2.45) is 12.8 Å². The van der Waals surface area contributed by atoms with Gasteiger partial charge in [-0.1, -0.05) is 29.8 Å². The summed E-state index contributed by atoms with van der Waals surface area (Å²) in [6.45, 7) is 1.97. The molecule has 0 radical (unpaired) electrons. The van der Waals surface area contributed by atoms with E-state index in [4.69, 9.17) is 17.3 Å². The highest BCUT2D eigenvalue weighted by Gasteiger charge is 2.14. The van der Waals surface area contributed by atoms with E-state index in [9.17, 15) is 0 Å². The van der Waals surface area contributed by atoms with Gasteiger partial charge in [0.15, 0.2) is 0 Å². The van der Waals surface area contributed by atoms with Crippen LogP contribution in [0.2, 0.25) is 5.02 Å². The van der Waals surface area contributed by atoms with Crippen LogP contribution in [0, 0.1) is 6.92 Å². The van der Waals surface area contributed by atoms with Crippen molar-refractivity contribution in [1.29, 1.82) is 0 Å². The lowest BCUT2D eigenvalue weighted by atomic mass is 10.0. The molecule has 2 N–H and O–H groups in total. The zero-order valence-corrected chi connectivity index (χ0v) is 10.6. The fourth-order valence-corrected chi connectivity index (χ4v) is 2.03. The summed E-state index contributed by atoms with van der Waals surface area (Å²) < 4.78 is 1.73. The summed E-state index contributed by atoms with van der Waals surface area (Å²) >= 11 is 6.25. The van der Waals surface area contributed by atoms with Gasteiger partial charge < -0.3 is 5.73 Å². The van der Waals surface area contributed by atoms with Crippen molar-refractivity contribution in [3.63, 3.8) is 0 Å². The van der Waals surface area contributed by atoms with Crippen LogP contribution < -0.4 is 5.73 Å². The Balaban J connectivity index is 2.23. The largest absolute Gasteiger partial charge is 0.324 e. The van der Waals surface area contributed by atoms with E-state index >= 15 is 0 Å². The molecular formula is C12H15ClN4. The molecule has 0 saturated carbocycles. The molecule has 0 aliphatic rings. The van der Waals surface area contributed by atoms with Gasteiger partial charge >= 0.3 is 0 Å². The van der Waals surface area contributed by atoms with Crippen molar-refractivity contribution >= 4 is 11.6 Å². The van der Waals surface area contributed by atoms with E-state index in [0.29, 0.717) is 6.42 Å². The summed E-state index contributed by atoms with van der Waals surface area (Å²) in [5, 5.41) is 4.76. The first-order chi connectivity index (χ1) is 8.09. The van der Waals surface area contributed by atoms with Gasteiger partial charge in [0.25, 0.3) is 0 Å². The van der Waals surface area contributed by atoms with Crippen LogP contribution in [0.15, 0.2) is 24.5 Å². The average molecular weight is 251 g/mol. The maximum atomic E-state index is 6.25. The summed E-state index contributed by atoms with van der Waals surface area (Å²) in [5.74, 6) is 0.857. The lowest BCUT2D eigenvalue weighted by Gasteiger charge is -2.14. The molecule has 1 unspecified atom stereocenters. The SMILES string of the molecule is Cc1cccc(C(N)Cc2ncnn2C)c1Cl. The predicted octanol–water partition coefficient (Wildman–Crippen LogP) is 2.02. The molecule has 0 spiro atoms. The van der Waals surface area contributed by atoms with Crippen LogP contribution in [0.3, 0.4) is 0 Å². The predicted molar refractivity (Wildman–Crippen MR) is 67.8 cm³/mol. The van der Waals surface area contributed by atoms with Gasteiger partial charge in [-0.2, -0.15) is 5.10 Å². The number of benzene rings is 1. The summed E-state index contributed by atoms with van der Waals surface area (Å²) in [6, 6.07) is 5.73. The molecule has 1 heterocycles. The third kappa shape index (κ3) is 2.48. The zero-order valence-electron chi connectivity index (χ0n) is 9.89. The molecule has 5 heteroatoms. The Bertz CT molecular complexity index is 521. The fraction of sp³-hybridized carbons (Fsp3) is 0.333. The van der Waals surface area contributed by atoms with Gasteiger partial charge in [-0.3, -0.25) is 4.68 Å². The first kappa shape index (κ1) is 12.1. The van der Waals surface area contributed by atoms with Gasteiger partial charge in [-0.15, -0.1) is 0 Å². The van der Waals surface area contributed by atoms with Gasteiger partial charge in [0.05, 0.1) is 0 Å². The summed E-state index contributed by atoms with van der Waals surface area (Å²) in [4.78, 5) is 4.16. The van der Waals surface area contributed by atoms with Crippen molar-refractivity contribution in [3.05, 3.63) is 46.5 Å². The second-order valence-corrected chi connectivity index (χ2v) is 4.47. The number of nitrogens with two attached hydrogens (primary N) is 1. The van der Waals surface area contributed by atoms with Crippen molar-refractivity contribution in [2.75, 3.05) is 0 Å². The number of halogens is 1. The van der Waals surface area contributed by atoms with Crippen molar-refractivity contribution in [3.8, 4) is 0 Å². The third-order valence-corrected chi connectivity index (χ3v) is 3.35. The fourth-order valence-electron chi connectivity index (χ4n) is 1.77. The van der Waals surface area contributed by atoms with Crippen molar-refractivity contribution in [2.45, 2.75) is 19.4 Å². The first-order valence-corrected chi connectivity index (χ1v) is 5.81. The standard InChI is InChI=1S/C12H15ClN4/c1-8-4-3-5-9(12(8)13)10(14)6-11-15-7-16-17(11)2/h3-5,7,10H,6,14H2,1-2H3. The molecule has 2 aromatic rings. The zero-order chi connectivity index (χ0) is 12.4. The molecule has 4 nitrogen and oxygen atoms in total. The molecule has 0 aliphatic heterocycles. The lowest BCUT2D eigenvalue weighted by molar-refractivity contribution is 0.629. The van der Waals surface area contributed by atoms with Crippen LogP contribution in [-0.4, -0.2) is 14.8 Å². The Hall–Kier alpha value is -1.39. The maximum Gasteiger partial charge on any atom is 0.138 e. The molecular weight excluding hydrogens is 236 g/mol. The minimum absolute atomic E-state index is 0.162. The second-order valence-electron chi connectivity index (χ2n) is 4.09. The highest BCUT2D eigenvalue weighted by molar-refractivity contribution is 6.32. The average Bonchev–Trinajstić information content (AvgIpc) is 2.68. The van der Waals surface area contributed by atoms with Crippen LogP contribution in [-0.2, 0) is 13.5 Å². The number of nitrogens with zero attached hydrogens (tertiary/aromatic N) is 3. The van der Waals surface area contributed by atoms with E-state index in [-0.39, 0.29) is 6.04 Å². The van der Waals surface area contributed by atoms with Crippen molar-refractivity contribution < 1.29 is 0 Å². The van der Waals surface area contributed by atoms with Crippen LogP contribution in [0.5, 0.6) is 0 Å². The van der Waals surface area contributed by atoms with E-state index in [2.05, 4.69) is 10.1 Å². The number of hydrogen-bond donors (Lipinski definition) is 1. The van der Waals surface area contributed by atoms with Crippen LogP contribution in [0.4, 0.5) is 0 Å². The number of aryl methyl sites for hydroxylation is 2. The highest BCUT2D eigenvalue weighted by atomic mass is 35.5. The van der Waals surface area contributed by atoms with Crippen LogP contribution >= 0.6 is 11.6 Å². The molecule has 1 aromatic carbocycles. The van der Waals surface area contributed by atoms with E-state index < -0.39 is 0 Å². The van der Waals surface area contributed by atoms with Crippen molar-refractivity contribution in [1.82, 2.24) is 14.8 Å². The first-order valence-electron chi connectivity index (χ1n) is 5.43. The molecule has 1 atom stereocenters. The molecule has 0 saturated heterocycles. The summed E-state index contributed by atoms with van der Waals surface area (Å²) in [7, 11) is 1.85. The number of hydrogen-bond acceptors (Lipinski definition) is 3. The maximum absolute atomic E-state index is 6.25. The summed E-state index contributed by atoms with van der Waals surface area (Å²) in [5.41, 5.74) is 8.15. The minimum atomic E-state index is -0.162. The quantitative estimate of drug-likeness (QED) is 0.907. The van der Waals surface area contributed by atoms with Gasteiger partial charge in [-0.25, -0.2) is 4.98 Å². The number of rotatable bonds is 3. The molecule has 0 bridgehead atoms. The molecule has 0 fully saturated rings. The molecule has 17 heavy (non-hydrogen) atoms. The molecule has 0 amide bonds. The molecule has 2 rings (SSSR count). The highest BCUT2D eigenvalue weighted by Crippen LogP contribution is 2.26. The Morgan fingerprint density at radius 2 is 2.24 bits per heavy atom. The topological polar surface area (TPSA) is 56.7 Å². The molecule has 1 aromatic heterocycles. The Labute approximate surface area is 105 Å². The monoisotopic (exact) mass is 250 g/mol. The Kier molecular flexibility index (Phi) is 3.45. The van der Waals surface area contributed by atoms with E-state index in [1.807, 2.05) is 32.2 Å². The lowest BCUT2D eigenvalue weighted by Crippen LogP contribution is -2.16. The van der Waals surface area contributed by atoms with Gasteiger partial charge in [0.2, 0.25) is 0 Å². The molecule has 90 valence electrons. The van der Waals surface area contributed by atoms with Crippen LogP contribution in [0.25, 0.3) is 0 Å². The van der Waals surface area contributed by atoms with Gasteiger partial charge in [-0.05, 0) is 18.1 Å². The molecule has 0 aliphatic carbocycles. The normalized spacial score (nSPS) is 12.7. The van der Waals surface area contributed by atoms with E-state index in [1.165, 1.54) is 6.33 Å². The number of aromatic nitrogens is 3.